The molecule has 2 rings (SSSR count). The summed E-state index contributed by atoms with van der Waals surface area (Å²) in [7, 11) is -0.615. The van der Waals surface area contributed by atoms with E-state index in [4.69, 9.17) is 14.6 Å². The van der Waals surface area contributed by atoms with Gasteiger partial charge in [0.1, 0.15) is 11.9 Å². The maximum atomic E-state index is 13.9. The van der Waals surface area contributed by atoms with E-state index in [0.29, 0.717) is 11.3 Å². The topological polar surface area (TPSA) is 59.3 Å². The molecule has 0 unspecified atom stereocenters. The van der Waals surface area contributed by atoms with Gasteiger partial charge in [-0.1, -0.05) is 23.9 Å². The number of carbonyl (C=O) groups is 1. The molecule has 1 aliphatic heterocycles. The smallest absolute Gasteiger partial charge is 0.400 e. The van der Waals surface area contributed by atoms with E-state index < -0.39 is 24.1 Å². The monoisotopic (exact) mass is 361 g/mol. The lowest BCUT2D eigenvalue weighted by atomic mass is 9.78. The Morgan fingerprint density at radius 1 is 1.32 bits per heavy atom. The summed E-state index contributed by atoms with van der Waals surface area (Å²) >= 11 is 1.14. The second-order valence-electron chi connectivity index (χ2n) is 6.94. The van der Waals surface area contributed by atoms with Crippen LogP contribution in [0.25, 0.3) is 6.08 Å². The highest BCUT2D eigenvalue weighted by molar-refractivity contribution is 8.13. The van der Waals surface area contributed by atoms with Crippen molar-refractivity contribution in [1.29, 1.82) is 5.26 Å². The maximum Gasteiger partial charge on any atom is 0.491 e. The molecule has 1 heterocycles. The van der Waals surface area contributed by atoms with Crippen molar-refractivity contribution in [3.8, 4) is 6.07 Å². The Morgan fingerprint density at radius 2 is 1.92 bits per heavy atom. The molecular formula is C18H21BFNO3S. The fourth-order valence-electron chi connectivity index (χ4n) is 2.28. The van der Waals surface area contributed by atoms with Crippen molar-refractivity contribution < 1.29 is 18.5 Å². The standard InChI is InChI=1S/C18H21BFNO3S/c1-12(22)25-11-15(19-23-17(2,3)18(4,5)24-19)8-13-6-7-14(10-21)16(20)9-13/h6-9H,11H2,1-5H3. The number of benzene rings is 1. The van der Waals surface area contributed by atoms with Crippen molar-refractivity contribution in [2.45, 2.75) is 45.8 Å². The van der Waals surface area contributed by atoms with Gasteiger partial charge in [0.05, 0.1) is 16.8 Å². The molecule has 1 fully saturated rings. The number of nitriles is 1. The van der Waals surface area contributed by atoms with Gasteiger partial charge in [0.15, 0.2) is 5.12 Å². The summed E-state index contributed by atoms with van der Waals surface area (Å²) in [6.07, 6.45) is 1.75. The van der Waals surface area contributed by atoms with E-state index in [1.54, 1.807) is 18.2 Å². The number of rotatable bonds is 4. The van der Waals surface area contributed by atoms with Crippen LogP contribution >= 0.6 is 11.8 Å². The largest absolute Gasteiger partial charge is 0.491 e. The van der Waals surface area contributed by atoms with E-state index >= 15 is 0 Å². The zero-order valence-electron chi connectivity index (χ0n) is 15.1. The number of hydrogen-bond acceptors (Lipinski definition) is 5. The first-order chi connectivity index (χ1) is 11.6. The van der Waals surface area contributed by atoms with Crippen LogP contribution < -0.4 is 0 Å². The van der Waals surface area contributed by atoms with Crippen LogP contribution in [0, 0.1) is 17.1 Å². The number of hydrogen-bond donors (Lipinski definition) is 0. The number of thioether (sulfide) groups is 1. The lowest BCUT2D eigenvalue weighted by Crippen LogP contribution is -2.41. The quantitative estimate of drug-likeness (QED) is 0.759. The number of halogens is 1. The van der Waals surface area contributed by atoms with Crippen molar-refractivity contribution in [3.63, 3.8) is 0 Å². The highest BCUT2D eigenvalue weighted by Gasteiger charge is 2.52. The Morgan fingerprint density at radius 3 is 2.40 bits per heavy atom. The van der Waals surface area contributed by atoms with Gasteiger partial charge in [-0.15, -0.1) is 0 Å². The average Bonchev–Trinajstić information content (AvgIpc) is 2.71. The maximum absolute atomic E-state index is 13.9. The minimum Gasteiger partial charge on any atom is -0.400 e. The van der Waals surface area contributed by atoms with Crippen molar-refractivity contribution in [1.82, 2.24) is 0 Å². The molecule has 0 aliphatic carbocycles. The van der Waals surface area contributed by atoms with Crippen LogP contribution in [0.4, 0.5) is 4.39 Å². The first-order valence-electron chi connectivity index (χ1n) is 7.95. The third kappa shape index (κ3) is 4.52. The molecule has 0 aromatic heterocycles. The first kappa shape index (κ1) is 19.7. The summed E-state index contributed by atoms with van der Waals surface area (Å²) in [6, 6.07) is 6.18. The molecule has 1 aliphatic rings. The molecule has 0 N–H and O–H groups in total. The molecule has 1 aromatic rings. The van der Waals surface area contributed by atoms with E-state index in [1.165, 1.54) is 19.1 Å². The van der Waals surface area contributed by atoms with Gasteiger partial charge in [-0.05, 0) is 50.9 Å². The molecule has 0 saturated carbocycles. The van der Waals surface area contributed by atoms with Crippen molar-refractivity contribution in [3.05, 3.63) is 40.6 Å². The van der Waals surface area contributed by atoms with Crippen LogP contribution in [0.3, 0.4) is 0 Å². The van der Waals surface area contributed by atoms with Gasteiger partial charge in [-0.2, -0.15) is 5.26 Å². The lowest BCUT2D eigenvalue weighted by molar-refractivity contribution is -0.109. The predicted molar refractivity (Wildman–Crippen MR) is 98.3 cm³/mol. The summed E-state index contributed by atoms with van der Waals surface area (Å²) in [6.45, 7) is 9.29. The van der Waals surface area contributed by atoms with Crippen LogP contribution in [0.15, 0.2) is 23.7 Å². The van der Waals surface area contributed by atoms with Gasteiger partial charge in [0.2, 0.25) is 0 Å². The summed E-state index contributed by atoms with van der Waals surface area (Å²) in [5.74, 6) is -0.197. The fraction of sp³-hybridized carbons (Fsp3) is 0.444. The molecular weight excluding hydrogens is 340 g/mol. The van der Waals surface area contributed by atoms with Crippen LogP contribution in [0.5, 0.6) is 0 Å². The molecule has 7 heteroatoms. The lowest BCUT2D eigenvalue weighted by Gasteiger charge is -2.32. The van der Waals surface area contributed by atoms with Gasteiger partial charge in [0, 0.05) is 12.7 Å². The molecule has 0 bridgehead atoms. The highest BCUT2D eigenvalue weighted by atomic mass is 32.2. The Bertz CT molecular complexity index is 739. The van der Waals surface area contributed by atoms with Crippen molar-refractivity contribution in [2.24, 2.45) is 0 Å². The van der Waals surface area contributed by atoms with Crippen LogP contribution in [-0.4, -0.2) is 29.2 Å². The summed E-state index contributed by atoms with van der Waals surface area (Å²) in [5, 5.41) is 8.82. The SMILES string of the molecule is CC(=O)SCC(=Cc1ccc(C#N)c(F)c1)B1OC(C)(C)C(C)(C)O1. The summed E-state index contributed by atoms with van der Waals surface area (Å²) < 4.78 is 26.0. The zero-order chi connectivity index (χ0) is 18.8. The van der Waals surface area contributed by atoms with E-state index in [-0.39, 0.29) is 10.7 Å². The average molecular weight is 361 g/mol. The molecule has 0 amide bonds. The Labute approximate surface area is 152 Å². The minimum absolute atomic E-state index is 0.00700. The molecule has 0 atom stereocenters. The Kier molecular flexibility index (Phi) is 5.77. The second kappa shape index (κ2) is 7.32. The van der Waals surface area contributed by atoms with E-state index in [2.05, 4.69) is 0 Å². The number of carbonyl (C=O) groups excluding carboxylic acids is 1. The van der Waals surface area contributed by atoms with Crippen molar-refractivity contribution >= 4 is 30.1 Å². The molecule has 1 aromatic carbocycles. The first-order valence-corrected chi connectivity index (χ1v) is 8.93. The van der Waals surface area contributed by atoms with E-state index in [1.807, 2.05) is 27.7 Å². The van der Waals surface area contributed by atoms with Crippen LogP contribution in [-0.2, 0) is 14.1 Å². The normalized spacial score (nSPS) is 18.9. The van der Waals surface area contributed by atoms with Crippen LogP contribution in [0.2, 0.25) is 0 Å². The summed E-state index contributed by atoms with van der Waals surface area (Å²) in [5.41, 5.74) is 0.307. The molecule has 1 saturated heterocycles. The van der Waals surface area contributed by atoms with E-state index in [9.17, 15) is 9.18 Å². The molecule has 132 valence electrons. The fourth-order valence-corrected chi connectivity index (χ4v) is 2.87. The molecule has 0 radical (unpaired) electrons. The molecule has 4 nitrogen and oxygen atoms in total. The number of nitrogens with zero attached hydrogens (tertiary/aromatic N) is 1. The van der Waals surface area contributed by atoms with Gasteiger partial charge >= 0.3 is 7.12 Å². The van der Waals surface area contributed by atoms with Crippen molar-refractivity contribution in [2.75, 3.05) is 5.75 Å². The van der Waals surface area contributed by atoms with Gasteiger partial charge < -0.3 is 9.31 Å². The van der Waals surface area contributed by atoms with Gasteiger partial charge in [-0.25, -0.2) is 4.39 Å². The molecule has 25 heavy (non-hydrogen) atoms. The zero-order valence-corrected chi connectivity index (χ0v) is 15.9. The van der Waals surface area contributed by atoms with Crippen LogP contribution in [0.1, 0.15) is 45.7 Å². The van der Waals surface area contributed by atoms with Gasteiger partial charge in [0.25, 0.3) is 0 Å². The third-order valence-corrected chi connectivity index (χ3v) is 5.35. The van der Waals surface area contributed by atoms with Gasteiger partial charge in [-0.3, -0.25) is 4.79 Å². The Hall–Kier alpha value is -1.62. The minimum atomic E-state index is -0.615. The Balaban J connectivity index is 2.35. The third-order valence-electron chi connectivity index (χ3n) is 4.46. The second-order valence-corrected chi connectivity index (χ2v) is 8.09. The molecule has 0 spiro atoms. The highest BCUT2D eigenvalue weighted by Crippen LogP contribution is 2.39. The predicted octanol–water partition coefficient (Wildman–Crippen LogP) is 3.99. The summed E-state index contributed by atoms with van der Waals surface area (Å²) in [4.78, 5) is 11.4. The van der Waals surface area contributed by atoms with E-state index in [0.717, 1.165) is 17.2 Å².